The van der Waals surface area contributed by atoms with E-state index in [9.17, 15) is 0 Å². The van der Waals surface area contributed by atoms with Crippen LogP contribution in [0.25, 0.3) is 0 Å². The highest BCUT2D eigenvalue weighted by Crippen LogP contribution is 2.09. The first-order valence-corrected chi connectivity index (χ1v) is 9.43. The summed E-state index contributed by atoms with van der Waals surface area (Å²) in [6.07, 6.45) is 15.5. The first-order valence-electron chi connectivity index (χ1n) is 9.43. The second kappa shape index (κ2) is 15.4. The molecule has 0 spiro atoms. The van der Waals surface area contributed by atoms with E-state index >= 15 is 0 Å². The number of unbranched alkanes of at least 4 members (excludes halogenated alkanes) is 8. The molecule has 0 heterocycles. The van der Waals surface area contributed by atoms with Crippen molar-refractivity contribution >= 4 is 0 Å². The molecule has 0 amide bonds. The van der Waals surface area contributed by atoms with Crippen LogP contribution in [0.15, 0.2) is 0 Å². The fraction of sp³-hybridized carbons (Fsp3) is 1.00. The van der Waals surface area contributed by atoms with Gasteiger partial charge in [0.25, 0.3) is 0 Å². The molecule has 1 nitrogen and oxygen atoms in total. The summed E-state index contributed by atoms with van der Waals surface area (Å²) in [5, 5.41) is 0. The van der Waals surface area contributed by atoms with Gasteiger partial charge < -0.3 is 4.90 Å². The molecule has 0 atom stereocenters. The lowest BCUT2D eigenvalue weighted by atomic mass is 10.1. The summed E-state index contributed by atoms with van der Waals surface area (Å²) in [6, 6.07) is 0. The average molecular weight is 284 g/mol. The van der Waals surface area contributed by atoms with E-state index in [1.807, 2.05) is 0 Å². The molecule has 0 radical (unpaired) electrons. The predicted octanol–water partition coefficient (Wildman–Crippen LogP) is 6.28. The number of hydrogen-bond donors (Lipinski definition) is 0. The summed E-state index contributed by atoms with van der Waals surface area (Å²) in [5.41, 5.74) is 0. The van der Waals surface area contributed by atoms with Gasteiger partial charge in [-0.15, -0.1) is 0 Å². The van der Waals surface area contributed by atoms with Gasteiger partial charge in [-0.3, -0.25) is 0 Å². The first-order chi connectivity index (χ1) is 9.70. The maximum absolute atomic E-state index is 2.73. The van der Waals surface area contributed by atoms with Crippen molar-refractivity contribution in [3.63, 3.8) is 0 Å². The fourth-order valence-corrected chi connectivity index (χ4v) is 2.65. The van der Waals surface area contributed by atoms with Gasteiger partial charge in [0, 0.05) is 0 Å². The highest BCUT2D eigenvalue weighted by atomic mass is 15.1. The van der Waals surface area contributed by atoms with Gasteiger partial charge in [-0.05, 0) is 44.8 Å². The van der Waals surface area contributed by atoms with Crippen LogP contribution in [-0.2, 0) is 0 Å². The van der Waals surface area contributed by atoms with E-state index in [0.717, 1.165) is 5.92 Å². The third-order valence-electron chi connectivity index (χ3n) is 4.18. The van der Waals surface area contributed by atoms with Crippen molar-refractivity contribution in [3.8, 4) is 0 Å². The van der Waals surface area contributed by atoms with E-state index in [1.165, 1.54) is 90.3 Å². The van der Waals surface area contributed by atoms with Crippen molar-refractivity contribution in [1.29, 1.82) is 0 Å². The molecule has 0 aliphatic heterocycles. The quantitative estimate of drug-likeness (QED) is 0.320. The Morgan fingerprint density at radius 3 is 1.55 bits per heavy atom. The van der Waals surface area contributed by atoms with Gasteiger partial charge in [-0.1, -0.05) is 79.1 Å². The molecule has 0 rings (SSSR count). The molecule has 0 saturated heterocycles. The van der Waals surface area contributed by atoms with Crippen molar-refractivity contribution in [1.82, 2.24) is 4.90 Å². The summed E-state index contributed by atoms with van der Waals surface area (Å²) in [5.74, 6) is 0.845. The number of nitrogens with zero attached hydrogens (tertiary/aromatic N) is 1. The minimum absolute atomic E-state index is 0.845. The highest BCUT2D eigenvalue weighted by Gasteiger charge is 2.05. The van der Waals surface area contributed by atoms with Crippen molar-refractivity contribution in [2.45, 2.75) is 98.3 Å². The van der Waals surface area contributed by atoms with Crippen LogP contribution in [-0.4, -0.2) is 24.5 Å². The Hall–Kier alpha value is -0.0400. The van der Waals surface area contributed by atoms with Gasteiger partial charge in [-0.2, -0.15) is 0 Å². The van der Waals surface area contributed by atoms with Gasteiger partial charge >= 0.3 is 0 Å². The molecule has 0 fully saturated rings. The Labute approximate surface area is 129 Å². The van der Waals surface area contributed by atoms with Crippen molar-refractivity contribution in [2.75, 3.05) is 19.6 Å². The minimum Gasteiger partial charge on any atom is -0.303 e. The molecule has 1 heteroatoms. The highest BCUT2D eigenvalue weighted by molar-refractivity contribution is 4.61. The van der Waals surface area contributed by atoms with E-state index in [2.05, 4.69) is 32.6 Å². The molecule has 0 N–H and O–H groups in total. The standard InChI is InChI=1S/C19H41N/c1-5-7-9-11-12-14-17-20(18-15-19(3)4)16-13-10-8-6-2/h19H,5-18H2,1-4H3. The Bertz CT molecular complexity index is 177. The van der Waals surface area contributed by atoms with E-state index in [-0.39, 0.29) is 0 Å². The zero-order chi connectivity index (χ0) is 15.1. The van der Waals surface area contributed by atoms with Crippen molar-refractivity contribution < 1.29 is 0 Å². The lowest BCUT2D eigenvalue weighted by Crippen LogP contribution is -2.28. The van der Waals surface area contributed by atoms with E-state index < -0.39 is 0 Å². The van der Waals surface area contributed by atoms with Gasteiger partial charge in [0.1, 0.15) is 0 Å². The summed E-state index contributed by atoms with van der Waals surface area (Å²) >= 11 is 0. The molecule has 0 aliphatic carbocycles. The Morgan fingerprint density at radius 2 is 1.05 bits per heavy atom. The Kier molecular flexibility index (Phi) is 15.3. The Balaban J connectivity index is 3.68. The van der Waals surface area contributed by atoms with Crippen LogP contribution in [0.2, 0.25) is 0 Å². The van der Waals surface area contributed by atoms with E-state index in [1.54, 1.807) is 0 Å². The summed E-state index contributed by atoms with van der Waals surface area (Å²) in [4.78, 5) is 2.73. The molecular weight excluding hydrogens is 242 g/mol. The maximum atomic E-state index is 2.73. The largest absolute Gasteiger partial charge is 0.303 e. The van der Waals surface area contributed by atoms with Gasteiger partial charge in [-0.25, -0.2) is 0 Å². The van der Waals surface area contributed by atoms with Gasteiger partial charge in [0.05, 0.1) is 0 Å². The molecule has 0 aromatic heterocycles. The number of hydrogen-bond acceptors (Lipinski definition) is 1. The summed E-state index contributed by atoms with van der Waals surface area (Å²) in [6.45, 7) is 13.3. The second-order valence-electron chi connectivity index (χ2n) is 6.85. The van der Waals surface area contributed by atoms with E-state index in [4.69, 9.17) is 0 Å². The summed E-state index contributed by atoms with van der Waals surface area (Å²) < 4.78 is 0. The molecule has 0 unspecified atom stereocenters. The van der Waals surface area contributed by atoms with E-state index in [0.29, 0.717) is 0 Å². The molecule has 20 heavy (non-hydrogen) atoms. The monoisotopic (exact) mass is 283 g/mol. The average Bonchev–Trinajstić information content (AvgIpc) is 2.43. The molecule has 0 aliphatic rings. The molecule has 0 aromatic carbocycles. The van der Waals surface area contributed by atoms with Crippen LogP contribution in [0.1, 0.15) is 98.3 Å². The topological polar surface area (TPSA) is 3.24 Å². The third-order valence-corrected chi connectivity index (χ3v) is 4.18. The van der Waals surface area contributed by atoms with Crippen molar-refractivity contribution in [3.05, 3.63) is 0 Å². The van der Waals surface area contributed by atoms with Crippen LogP contribution in [0.5, 0.6) is 0 Å². The minimum atomic E-state index is 0.845. The second-order valence-corrected chi connectivity index (χ2v) is 6.85. The third kappa shape index (κ3) is 14.4. The predicted molar refractivity (Wildman–Crippen MR) is 93.4 cm³/mol. The molecule has 0 saturated carbocycles. The molecule has 0 aromatic rings. The number of rotatable bonds is 15. The van der Waals surface area contributed by atoms with Crippen molar-refractivity contribution in [2.24, 2.45) is 5.92 Å². The fourth-order valence-electron chi connectivity index (χ4n) is 2.65. The SMILES string of the molecule is CCCCCCCCN(CCCCCC)CCC(C)C. The lowest BCUT2D eigenvalue weighted by molar-refractivity contribution is 0.246. The van der Waals surface area contributed by atoms with Gasteiger partial charge in [0.15, 0.2) is 0 Å². The maximum Gasteiger partial charge on any atom is -0.00163 e. The van der Waals surface area contributed by atoms with Crippen LogP contribution in [0.4, 0.5) is 0 Å². The van der Waals surface area contributed by atoms with Crippen LogP contribution >= 0.6 is 0 Å². The zero-order valence-corrected chi connectivity index (χ0v) is 14.9. The lowest BCUT2D eigenvalue weighted by Gasteiger charge is -2.23. The zero-order valence-electron chi connectivity index (χ0n) is 14.9. The summed E-state index contributed by atoms with van der Waals surface area (Å²) in [7, 11) is 0. The van der Waals surface area contributed by atoms with Crippen LogP contribution in [0, 0.1) is 5.92 Å². The normalized spacial score (nSPS) is 11.7. The Morgan fingerprint density at radius 1 is 0.600 bits per heavy atom. The molecule has 0 bridgehead atoms. The van der Waals surface area contributed by atoms with Gasteiger partial charge in [0.2, 0.25) is 0 Å². The smallest absolute Gasteiger partial charge is 0.00163 e. The molecule has 122 valence electrons. The van der Waals surface area contributed by atoms with Crippen LogP contribution in [0.3, 0.4) is 0 Å². The molecular formula is C19H41N. The first kappa shape index (κ1) is 20.0. The van der Waals surface area contributed by atoms with Crippen LogP contribution < -0.4 is 0 Å².